The SMILES string of the molecule is CC[C@@H](Nc1c(Nc2cccc(C(=O)NC)c2O)c(=O)n(C)n(C)c1=O)c1ccccc1. The first-order valence-electron chi connectivity index (χ1n) is 10.2. The minimum absolute atomic E-state index is 0.0191. The molecular formula is C23H27N5O4. The zero-order valence-electron chi connectivity index (χ0n) is 18.5. The number of phenolic OH excluding ortho intramolecular Hbond substituents is 1. The molecule has 1 heterocycles. The zero-order valence-corrected chi connectivity index (χ0v) is 18.5. The van der Waals surface area contributed by atoms with Crippen molar-refractivity contribution >= 4 is 23.0 Å². The molecule has 0 unspecified atom stereocenters. The maximum absolute atomic E-state index is 13.1. The van der Waals surface area contributed by atoms with Gasteiger partial charge in [-0.05, 0) is 24.1 Å². The normalized spacial score (nSPS) is 11.6. The van der Waals surface area contributed by atoms with Crippen LogP contribution in [0.15, 0.2) is 58.1 Å². The van der Waals surface area contributed by atoms with Crippen molar-refractivity contribution in [2.75, 3.05) is 17.7 Å². The van der Waals surface area contributed by atoms with Crippen molar-refractivity contribution in [1.29, 1.82) is 0 Å². The first-order chi connectivity index (χ1) is 15.3. The van der Waals surface area contributed by atoms with E-state index in [0.717, 1.165) is 5.56 Å². The average Bonchev–Trinajstić information content (AvgIpc) is 2.82. The second kappa shape index (κ2) is 9.42. The number of para-hydroxylation sites is 1. The topological polar surface area (TPSA) is 117 Å². The lowest BCUT2D eigenvalue weighted by molar-refractivity contribution is 0.0960. The number of aromatic nitrogens is 2. The zero-order chi connectivity index (χ0) is 23.4. The minimum atomic E-state index is -0.475. The highest BCUT2D eigenvalue weighted by Crippen LogP contribution is 2.32. The van der Waals surface area contributed by atoms with E-state index in [4.69, 9.17) is 0 Å². The van der Waals surface area contributed by atoms with Crippen LogP contribution in [-0.4, -0.2) is 27.4 Å². The van der Waals surface area contributed by atoms with Crippen LogP contribution in [0.3, 0.4) is 0 Å². The van der Waals surface area contributed by atoms with Gasteiger partial charge < -0.3 is 21.1 Å². The highest BCUT2D eigenvalue weighted by molar-refractivity contribution is 5.99. The number of nitrogens with zero attached hydrogens (tertiary/aromatic N) is 2. The van der Waals surface area contributed by atoms with Crippen LogP contribution in [0, 0.1) is 0 Å². The predicted octanol–water partition coefficient (Wildman–Crippen LogP) is 2.46. The van der Waals surface area contributed by atoms with E-state index in [2.05, 4.69) is 16.0 Å². The molecule has 0 aliphatic rings. The molecule has 0 spiro atoms. The molecule has 1 atom stereocenters. The number of carbonyl (C=O) groups excluding carboxylic acids is 1. The molecule has 1 aromatic heterocycles. The molecule has 2 aromatic carbocycles. The van der Waals surface area contributed by atoms with Gasteiger partial charge in [0.05, 0.1) is 17.3 Å². The Hall–Kier alpha value is -4.01. The number of benzene rings is 2. The first-order valence-corrected chi connectivity index (χ1v) is 10.2. The Labute approximate surface area is 185 Å². The summed E-state index contributed by atoms with van der Waals surface area (Å²) in [6.45, 7) is 1.97. The van der Waals surface area contributed by atoms with Gasteiger partial charge in [-0.2, -0.15) is 0 Å². The predicted molar refractivity (Wildman–Crippen MR) is 125 cm³/mol. The van der Waals surface area contributed by atoms with Crippen LogP contribution >= 0.6 is 0 Å². The van der Waals surface area contributed by atoms with Crippen molar-refractivity contribution in [2.45, 2.75) is 19.4 Å². The standard InChI is InChI=1S/C23H27N5O4/c1-5-16(14-10-7-6-8-11-14)25-18-19(23(32)28(4)27(3)22(18)31)26-17-13-9-12-15(20(17)29)21(30)24-2/h6-13,16,25-26,29H,5H2,1-4H3,(H,24,30)/t16-/m1/s1. The Morgan fingerprint density at radius 1 is 0.969 bits per heavy atom. The third-order valence-electron chi connectivity index (χ3n) is 5.41. The van der Waals surface area contributed by atoms with Crippen LogP contribution in [0.25, 0.3) is 0 Å². The largest absolute Gasteiger partial charge is 0.505 e. The molecule has 0 fully saturated rings. The lowest BCUT2D eigenvalue weighted by Crippen LogP contribution is -2.38. The molecular weight excluding hydrogens is 410 g/mol. The highest BCUT2D eigenvalue weighted by atomic mass is 16.3. The molecule has 9 nitrogen and oxygen atoms in total. The maximum Gasteiger partial charge on any atom is 0.290 e. The van der Waals surface area contributed by atoms with Crippen molar-refractivity contribution in [3.63, 3.8) is 0 Å². The number of anilines is 3. The molecule has 0 saturated heterocycles. The molecule has 4 N–H and O–H groups in total. The van der Waals surface area contributed by atoms with E-state index < -0.39 is 17.0 Å². The summed E-state index contributed by atoms with van der Waals surface area (Å²) in [4.78, 5) is 38.3. The van der Waals surface area contributed by atoms with Crippen LogP contribution in [0.1, 0.15) is 35.3 Å². The molecule has 1 amide bonds. The second-order valence-corrected chi connectivity index (χ2v) is 7.33. The van der Waals surface area contributed by atoms with Crippen molar-refractivity contribution in [1.82, 2.24) is 14.7 Å². The fourth-order valence-corrected chi connectivity index (χ4v) is 3.44. The average molecular weight is 438 g/mol. The number of nitrogens with one attached hydrogen (secondary N) is 3. The third kappa shape index (κ3) is 4.22. The second-order valence-electron chi connectivity index (χ2n) is 7.33. The van der Waals surface area contributed by atoms with Crippen LogP contribution in [0.5, 0.6) is 5.75 Å². The number of hydrogen-bond donors (Lipinski definition) is 4. The van der Waals surface area contributed by atoms with Crippen molar-refractivity contribution < 1.29 is 9.90 Å². The van der Waals surface area contributed by atoms with Gasteiger partial charge in [-0.3, -0.25) is 14.4 Å². The molecule has 0 aliphatic heterocycles. The van der Waals surface area contributed by atoms with Crippen molar-refractivity contribution in [3.8, 4) is 5.75 Å². The molecule has 3 aromatic rings. The molecule has 3 rings (SSSR count). The van der Waals surface area contributed by atoms with Crippen molar-refractivity contribution in [2.24, 2.45) is 14.1 Å². The summed E-state index contributed by atoms with van der Waals surface area (Å²) in [7, 11) is 4.44. The molecule has 168 valence electrons. The van der Waals surface area contributed by atoms with Gasteiger partial charge >= 0.3 is 0 Å². The number of hydrogen-bond acceptors (Lipinski definition) is 6. The monoisotopic (exact) mass is 437 g/mol. The van der Waals surface area contributed by atoms with E-state index in [1.165, 1.54) is 42.6 Å². The van der Waals surface area contributed by atoms with Crippen molar-refractivity contribution in [3.05, 3.63) is 80.4 Å². The molecule has 0 radical (unpaired) electrons. The quantitative estimate of drug-likeness (QED) is 0.422. The summed E-state index contributed by atoms with van der Waals surface area (Å²) in [6.07, 6.45) is 0.666. The van der Waals surface area contributed by atoms with E-state index in [0.29, 0.717) is 6.42 Å². The Balaban J connectivity index is 2.14. The van der Waals surface area contributed by atoms with E-state index in [1.807, 2.05) is 37.3 Å². The number of rotatable bonds is 7. The lowest BCUT2D eigenvalue weighted by Gasteiger charge is -2.22. The highest BCUT2D eigenvalue weighted by Gasteiger charge is 2.22. The summed E-state index contributed by atoms with van der Waals surface area (Å²) in [6, 6.07) is 13.9. The van der Waals surface area contributed by atoms with E-state index >= 15 is 0 Å². The third-order valence-corrected chi connectivity index (χ3v) is 5.41. The molecule has 0 saturated carbocycles. The van der Waals surface area contributed by atoms with Crippen LogP contribution in [0.4, 0.5) is 17.1 Å². The molecule has 9 heteroatoms. The summed E-state index contributed by atoms with van der Waals surface area (Å²) in [5, 5.41) is 19.1. The Morgan fingerprint density at radius 3 is 2.19 bits per heavy atom. The van der Waals surface area contributed by atoms with Crippen LogP contribution in [0.2, 0.25) is 0 Å². The number of amides is 1. The summed E-state index contributed by atoms with van der Waals surface area (Å²) in [5.74, 6) is -0.799. The van der Waals surface area contributed by atoms with Crippen LogP contribution in [-0.2, 0) is 14.1 Å². The van der Waals surface area contributed by atoms with Gasteiger partial charge in [0.1, 0.15) is 11.4 Å². The lowest BCUT2D eigenvalue weighted by atomic mass is 10.0. The van der Waals surface area contributed by atoms with Gasteiger partial charge in [0, 0.05) is 21.1 Å². The van der Waals surface area contributed by atoms with E-state index in [9.17, 15) is 19.5 Å². The number of aromatic hydroxyl groups is 1. The van der Waals surface area contributed by atoms with Gasteiger partial charge in [0.15, 0.2) is 5.75 Å². The summed E-state index contributed by atoms with van der Waals surface area (Å²) < 4.78 is 2.40. The van der Waals surface area contributed by atoms with Crippen LogP contribution < -0.4 is 27.1 Å². The van der Waals surface area contributed by atoms with Gasteiger partial charge in [-0.1, -0.05) is 43.3 Å². The summed E-state index contributed by atoms with van der Waals surface area (Å²) >= 11 is 0. The van der Waals surface area contributed by atoms with E-state index in [1.54, 1.807) is 6.07 Å². The fourth-order valence-electron chi connectivity index (χ4n) is 3.44. The molecule has 32 heavy (non-hydrogen) atoms. The van der Waals surface area contributed by atoms with Gasteiger partial charge in [-0.25, -0.2) is 9.36 Å². The van der Waals surface area contributed by atoms with Gasteiger partial charge in [0.2, 0.25) is 0 Å². The van der Waals surface area contributed by atoms with E-state index in [-0.39, 0.29) is 34.4 Å². The maximum atomic E-state index is 13.1. The van der Waals surface area contributed by atoms with Gasteiger partial charge in [-0.15, -0.1) is 0 Å². The first kappa shape index (κ1) is 22.7. The molecule has 0 bridgehead atoms. The Kier molecular flexibility index (Phi) is 6.67. The van der Waals surface area contributed by atoms with Gasteiger partial charge in [0.25, 0.3) is 17.0 Å². The smallest absolute Gasteiger partial charge is 0.290 e. The Bertz CT molecular complexity index is 1250. The number of phenols is 1. The number of carbonyl (C=O) groups is 1. The fraction of sp³-hybridized carbons (Fsp3) is 0.261. The summed E-state index contributed by atoms with van der Waals surface area (Å²) in [5.41, 5.74) is 0.322. The molecule has 0 aliphatic carbocycles. The Morgan fingerprint density at radius 2 is 1.59 bits per heavy atom. The minimum Gasteiger partial charge on any atom is -0.505 e.